The molecule has 0 amide bonds. The number of aliphatic hydroxyl groups is 1. The summed E-state index contributed by atoms with van der Waals surface area (Å²) in [4.78, 5) is 4.25. The maximum Gasteiger partial charge on any atom is 0.108 e. The third-order valence-electron chi connectivity index (χ3n) is 2.95. The summed E-state index contributed by atoms with van der Waals surface area (Å²) in [6, 6.07) is 7.99. The maximum atomic E-state index is 10.2. The molecule has 17 heavy (non-hydrogen) atoms. The van der Waals surface area contributed by atoms with Crippen LogP contribution in [-0.2, 0) is 13.0 Å². The zero-order valence-electron chi connectivity index (χ0n) is 10.3. The van der Waals surface area contributed by atoms with Crippen LogP contribution < -0.4 is 0 Å². The van der Waals surface area contributed by atoms with Crippen molar-refractivity contribution in [3.63, 3.8) is 0 Å². The molecule has 3 nitrogen and oxygen atoms in total. The van der Waals surface area contributed by atoms with Crippen LogP contribution in [0.3, 0.4) is 0 Å². The van der Waals surface area contributed by atoms with Gasteiger partial charge in [0.2, 0.25) is 0 Å². The summed E-state index contributed by atoms with van der Waals surface area (Å²) in [5.74, 6) is 1.01. The normalized spacial score (nSPS) is 12.6. The Balaban J connectivity index is 2.11. The number of aliphatic hydroxyl groups excluding tert-OH is 1. The van der Waals surface area contributed by atoms with Gasteiger partial charge in [-0.3, -0.25) is 0 Å². The summed E-state index contributed by atoms with van der Waals surface area (Å²) in [6.07, 6.45) is 4.10. The van der Waals surface area contributed by atoms with Crippen molar-refractivity contribution in [1.29, 1.82) is 0 Å². The Bertz CT molecular complexity index is 473. The van der Waals surface area contributed by atoms with E-state index in [0.29, 0.717) is 6.54 Å². The molecular formula is C14H18N2O. The number of hydrogen-bond donors (Lipinski definition) is 1. The third kappa shape index (κ3) is 2.74. The van der Waals surface area contributed by atoms with Gasteiger partial charge in [0.05, 0.1) is 12.6 Å². The van der Waals surface area contributed by atoms with Crippen molar-refractivity contribution in [3.8, 4) is 0 Å². The van der Waals surface area contributed by atoms with E-state index in [1.807, 2.05) is 42.0 Å². The summed E-state index contributed by atoms with van der Waals surface area (Å²) in [6.45, 7) is 4.67. The zero-order chi connectivity index (χ0) is 12.3. The highest BCUT2D eigenvalue weighted by Gasteiger charge is 2.09. The Morgan fingerprint density at radius 3 is 2.65 bits per heavy atom. The van der Waals surface area contributed by atoms with Crippen LogP contribution in [-0.4, -0.2) is 14.7 Å². The minimum atomic E-state index is -0.477. The monoisotopic (exact) mass is 230 g/mol. The van der Waals surface area contributed by atoms with Gasteiger partial charge < -0.3 is 9.67 Å². The fourth-order valence-corrected chi connectivity index (χ4v) is 1.90. The first-order valence-corrected chi connectivity index (χ1v) is 5.95. The molecule has 1 N–H and O–H groups in total. The fraction of sp³-hybridized carbons (Fsp3) is 0.357. The average Bonchev–Trinajstić information content (AvgIpc) is 2.77. The molecule has 1 unspecified atom stereocenters. The average molecular weight is 230 g/mol. The minimum absolute atomic E-state index is 0.477. The standard InChI is InChI=1S/C14H18N2O/c1-3-14-15-8-9-16(14)10-13(17)12-6-4-11(2)5-7-12/h4-9,13,17H,3,10H2,1-2H3. The maximum absolute atomic E-state index is 10.2. The van der Waals surface area contributed by atoms with Gasteiger partial charge in [0, 0.05) is 18.8 Å². The number of rotatable bonds is 4. The van der Waals surface area contributed by atoms with Crippen molar-refractivity contribution < 1.29 is 5.11 Å². The van der Waals surface area contributed by atoms with Crippen molar-refractivity contribution in [1.82, 2.24) is 9.55 Å². The predicted octanol–water partition coefficient (Wildman–Crippen LogP) is 2.49. The van der Waals surface area contributed by atoms with Crippen LogP contribution in [0.4, 0.5) is 0 Å². The molecule has 2 aromatic rings. The molecule has 3 heteroatoms. The van der Waals surface area contributed by atoms with E-state index >= 15 is 0 Å². The predicted molar refractivity (Wildman–Crippen MR) is 67.7 cm³/mol. The van der Waals surface area contributed by atoms with Gasteiger partial charge in [-0.2, -0.15) is 0 Å². The minimum Gasteiger partial charge on any atom is -0.387 e. The lowest BCUT2D eigenvalue weighted by molar-refractivity contribution is 0.155. The molecule has 0 aliphatic carbocycles. The van der Waals surface area contributed by atoms with E-state index in [4.69, 9.17) is 0 Å². The molecule has 0 aliphatic heterocycles. The van der Waals surface area contributed by atoms with E-state index < -0.39 is 6.10 Å². The van der Waals surface area contributed by atoms with Crippen molar-refractivity contribution in [3.05, 3.63) is 53.6 Å². The van der Waals surface area contributed by atoms with Gasteiger partial charge in [0.1, 0.15) is 5.82 Å². The SMILES string of the molecule is CCc1nccn1CC(O)c1ccc(C)cc1. The summed E-state index contributed by atoms with van der Waals surface area (Å²) in [5.41, 5.74) is 2.16. The van der Waals surface area contributed by atoms with Crippen LogP contribution in [0.2, 0.25) is 0 Å². The number of nitrogens with zero attached hydrogens (tertiary/aromatic N) is 2. The van der Waals surface area contributed by atoms with Gasteiger partial charge in [-0.15, -0.1) is 0 Å². The number of benzene rings is 1. The number of hydrogen-bond acceptors (Lipinski definition) is 2. The van der Waals surface area contributed by atoms with Crippen LogP contribution in [0, 0.1) is 6.92 Å². The molecule has 0 spiro atoms. The molecule has 1 aromatic carbocycles. The van der Waals surface area contributed by atoms with E-state index in [1.54, 1.807) is 6.20 Å². The van der Waals surface area contributed by atoms with Gasteiger partial charge in [-0.05, 0) is 12.5 Å². The summed E-state index contributed by atoms with van der Waals surface area (Å²) in [7, 11) is 0. The van der Waals surface area contributed by atoms with E-state index in [0.717, 1.165) is 17.8 Å². The van der Waals surface area contributed by atoms with Gasteiger partial charge in [-0.25, -0.2) is 4.98 Å². The van der Waals surface area contributed by atoms with E-state index in [2.05, 4.69) is 11.9 Å². The first-order valence-electron chi connectivity index (χ1n) is 5.95. The van der Waals surface area contributed by atoms with Crippen LogP contribution in [0.25, 0.3) is 0 Å². The highest BCUT2D eigenvalue weighted by molar-refractivity contribution is 5.23. The highest BCUT2D eigenvalue weighted by atomic mass is 16.3. The van der Waals surface area contributed by atoms with Crippen LogP contribution in [0.5, 0.6) is 0 Å². The van der Waals surface area contributed by atoms with Gasteiger partial charge in [-0.1, -0.05) is 36.8 Å². The van der Waals surface area contributed by atoms with E-state index in [9.17, 15) is 5.11 Å². The smallest absolute Gasteiger partial charge is 0.108 e. The molecule has 1 atom stereocenters. The summed E-state index contributed by atoms with van der Waals surface area (Å²) >= 11 is 0. The second-order valence-electron chi connectivity index (χ2n) is 4.28. The lowest BCUT2D eigenvalue weighted by Gasteiger charge is -2.13. The van der Waals surface area contributed by atoms with Crippen LogP contribution >= 0.6 is 0 Å². The van der Waals surface area contributed by atoms with E-state index in [-0.39, 0.29) is 0 Å². The molecule has 0 bridgehead atoms. The molecule has 0 saturated carbocycles. The largest absolute Gasteiger partial charge is 0.387 e. The Morgan fingerprint density at radius 1 is 1.29 bits per heavy atom. The third-order valence-corrected chi connectivity index (χ3v) is 2.95. The second kappa shape index (κ2) is 5.15. The molecule has 1 heterocycles. The molecule has 1 aromatic heterocycles. The number of imidazole rings is 1. The van der Waals surface area contributed by atoms with E-state index in [1.165, 1.54) is 5.56 Å². The fourth-order valence-electron chi connectivity index (χ4n) is 1.90. The van der Waals surface area contributed by atoms with Gasteiger partial charge in [0.25, 0.3) is 0 Å². The molecule has 0 saturated heterocycles. The quantitative estimate of drug-likeness (QED) is 0.876. The molecule has 2 rings (SSSR count). The van der Waals surface area contributed by atoms with Crippen LogP contribution in [0.15, 0.2) is 36.7 Å². The summed E-state index contributed by atoms with van der Waals surface area (Å²) in [5, 5.41) is 10.2. The first kappa shape index (κ1) is 11.9. The molecule has 0 fully saturated rings. The molecule has 0 radical (unpaired) electrons. The number of aryl methyl sites for hydroxylation is 2. The Morgan fingerprint density at radius 2 is 2.00 bits per heavy atom. The topological polar surface area (TPSA) is 38.0 Å². The van der Waals surface area contributed by atoms with Crippen molar-refractivity contribution in [2.75, 3.05) is 0 Å². The lowest BCUT2D eigenvalue weighted by atomic mass is 10.1. The Kier molecular flexibility index (Phi) is 3.59. The van der Waals surface area contributed by atoms with Gasteiger partial charge >= 0.3 is 0 Å². The Labute approximate surface area is 102 Å². The van der Waals surface area contributed by atoms with Crippen molar-refractivity contribution in [2.45, 2.75) is 32.9 Å². The first-order chi connectivity index (χ1) is 8.20. The summed E-state index contributed by atoms with van der Waals surface area (Å²) < 4.78 is 2.00. The van der Waals surface area contributed by atoms with Gasteiger partial charge in [0.15, 0.2) is 0 Å². The molecular weight excluding hydrogens is 212 g/mol. The molecule has 90 valence electrons. The van der Waals surface area contributed by atoms with Crippen LogP contribution in [0.1, 0.15) is 30.0 Å². The van der Waals surface area contributed by atoms with Crippen molar-refractivity contribution >= 4 is 0 Å². The number of aromatic nitrogens is 2. The Hall–Kier alpha value is -1.61. The lowest BCUT2D eigenvalue weighted by Crippen LogP contribution is -2.10. The van der Waals surface area contributed by atoms with Crippen molar-refractivity contribution in [2.24, 2.45) is 0 Å². The highest BCUT2D eigenvalue weighted by Crippen LogP contribution is 2.16. The molecule has 0 aliphatic rings. The zero-order valence-corrected chi connectivity index (χ0v) is 10.3. The second-order valence-corrected chi connectivity index (χ2v) is 4.28.